The van der Waals surface area contributed by atoms with E-state index in [4.69, 9.17) is 0 Å². The molecule has 1 atom stereocenters. The van der Waals surface area contributed by atoms with Gasteiger partial charge < -0.3 is 9.80 Å². The van der Waals surface area contributed by atoms with Crippen LogP contribution in [-0.4, -0.2) is 55.9 Å². The molecule has 3 heteroatoms. The summed E-state index contributed by atoms with van der Waals surface area (Å²) in [5.41, 5.74) is 0. The van der Waals surface area contributed by atoms with E-state index in [1.165, 1.54) is 12.8 Å². The van der Waals surface area contributed by atoms with Gasteiger partial charge in [0.15, 0.2) is 0 Å². The highest BCUT2D eigenvalue weighted by atomic mass is 16.1. The SMILES string of the molecule is CN(C)CCCN(C)C1CCCC(=O)C1. The number of hydrogen-bond acceptors (Lipinski definition) is 3. The summed E-state index contributed by atoms with van der Waals surface area (Å²) in [5.74, 6) is 0.450. The first kappa shape index (κ1) is 12.7. The summed E-state index contributed by atoms with van der Waals surface area (Å²) in [4.78, 5) is 15.9. The minimum absolute atomic E-state index is 0.450. The lowest BCUT2D eigenvalue weighted by molar-refractivity contribution is -0.121. The quantitative estimate of drug-likeness (QED) is 0.688. The highest BCUT2D eigenvalue weighted by Crippen LogP contribution is 2.19. The van der Waals surface area contributed by atoms with E-state index in [9.17, 15) is 4.79 Å². The molecule has 0 amide bonds. The van der Waals surface area contributed by atoms with Crippen molar-refractivity contribution in [3.05, 3.63) is 0 Å². The van der Waals surface area contributed by atoms with E-state index in [0.29, 0.717) is 11.8 Å². The van der Waals surface area contributed by atoms with Gasteiger partial charge in [-0.1, -0.05) is 0 Å². The molecule has 0 aromatic heterocycles. The normalized spacial score (nSPS) is 22.7. The van der Waals surface area contributed by atoms with E-state index in [1.54, 1.807) is 0 Å². The van der Waals surface area contributed by atoms with E-state index in [2.05, 4.69) is 30.9 Å². The van der Waals surface area contributed by atoms with E-state index in [1.807, 2.05) is 0 Å². The van der Waals surface area contributed by atoms with Crippen LogP contribution in [0.15, 0.2) is 0 Å². The fourth-order valence-electron chi connectivity index (χ4n) is 2.20. The number of nitrogens with zero attached hydrogens (tertiary/aromatic N) is 2. The van der Waals surface area contributed by atoms with Gasteiger partial charge in [0.2, 0.25) is 0 Å². The van der Waals surface area contributed by atoms with Crippen LogP contribution in [0.1, 0.15) is 32.1 Å². The van der Waals surface area contributed by atoms with Crippen LogP contribution in [0.5, 0.6) is 0 Å². The Kier molecular flexibility index (Phi) is 5.26. The third-order valence-corrected chi connectivity index (χ3v) is 3.20. The van der Waals surface area contributed by atoms with Crippen LogP contribution >= 0.6 is 0 Å². The predicted molar refractivity (Wildman–Crippen MR) is 63.1 cm³/mol. The number of Topliss-reactive ketones (excluding diaryl/α,β-unsaturated/α-hetero) is 1. The monoisotopic (exact) mass is 212 g/mol. The predicted octanol–water partition coefficient (Wildman–Crippen LogP) is 1.38. The molecule has 0 aromatic rings. The molecule has 0 aliphatic heterocycles. The summed E-state index contributed by atoms with van der Waals surface area (Å²) < 4.78 is 0. The second kappa shape index (κ2) is 6.23. The van der Waals surface area contributed by atoms with Gasteiger partial charge >= 0.3 is 0 Å². The Morgan fingerprint density at radius 3 is 2.60 bits per heavy atom. The molecule has 88 valence electrons. The standard InChI is InChI=1S/C12H24N2O/c1-13(2)8-5-9-14(3)11-6-4-7-12(15)10-11/h11H,4-10H2,1-3H3. The Labute approximate surface area is 93.4 Å². The average Bonchev–Trinajstić information content (AvgIpc) is 2.17. The Morgan fingerprint density at radius 1 is 1.27 bits per heavy atom. The van der Waals surface area contributed by atoms with Gasteiger partial charge in [-0.2, -0.15) is 0 Å². The van der Waals surface area contributed by atoms with Gasteiger partial charge in [0.05, 0.1) is 0 Å². The fraction of sp³-hybridized carbons (Fsp3) is 0.917. The molecule has 1 fully saturated rings. The van der Waals surface area contributed by atoms with Crippen molar-refractivity contribution < 1.29 is 4.79 Å². The zero-order valence-corrected chi connectivity index (χ0v) is 10.3. The zero-order valence-electron chi connectivity index (χ0n) is 10.3. The lowest BCUT2D eigenvalue weighted by atomic mass is 9.93. The van der Waals surface area contributed by atoms with Gasteiger partial charge in [0, 0.05) is 18.9 Å². The maximum absolute atomic E-state index is 11.3. The molecule has 0 radical (unpaired) electrons. The summed E-state index contributed by atoms with van der Waals surface area (Å²) in [5, 5.41) is 0. The lowest BCUT2D eigenvalue weighted by Crippen LogP contribution is -2.37. The molecular formula is C12H24N2O. The minimum atomic E-state index is 0.450. The van der Waals surface area contributed by atoms with E-state index in [-0.39, 0.29) is 0 Å². The molecule has 0 spiro atoms. The summed E-state index contributed by atoms with van der Waals surface area (Å²) >= 11 is 0. The summed E-state index contributed by atoms with van der Waals surface area (Å²) in [6.45, 7) is 2.24. The molecule has 1 rings (SSSR count). The smallest absolute Gasteiger partial charge is 0.134 e. The molecule has 1 unspecified atom stereocenters. The summed E-state index contributed by atoms with van der Waals surface area (Å²) in [7, 11) is 6.35. The van der Waals surface area contributed by atoms with Crippen LogP contribution in [0, 0.1) is 0 Å². The fourth-order valence-corrected chi connectivity index (χ4v) is 2.20. The van der Waals surface area contributed by atoms with Crippen LogP contribution in [0.2, 0.25) is 0 Å². The van der Waals surface area contributed by atoms with Crippen molar-refractivity contribution in [2.24, 2.45) is 0 Å². The number of ketones is 1. The van der Waals surface area contributed by atoms with Crippen LogP contribution < -0.4 is 0 Å². The van der Waals surface area contributed by atoms with E-state index < -0.39 is 0 Å². The molecule has 0 aromatic carbocycles. The van der Waals surface area contributed by atoms with Gasteiger partial charge in [0.1, 0.15) is 5.78 Å². The van der Waals surface area contributed by atoms with Crippen LogP contribution in [0.4, 0.5) is 0 Å². The van der Waals surface area contributed by atoms with E-state index in [0.717, 1.165) is 32.4 Å². The third-order valence-electron chi connectivity index (χ3n) is 3.20. The van der Waals surface area contributed by atoms with E-state index >= 15 is 0 Å². The highest BCUT2D eigenvalue weighted by Gasteiger charge is 2.22. The van der Waals surface area contributed by atoms with Gasteiger partial charge in [0.25, 0.3) is 0 Å². The van der Waals surface area contributed by atoms with Gasteiger partial charge in [-0.15, -0.1) is 0 Å². The van der Waals surface area contributed by atoms with Crippen LogP contribution in [0.3, 0.4) is 0 Å². The first-order valence-corrected chi connectivity index (χ1v) is 5.96. The van der Waals surface area contributed by atoms with Crippen molar-refractivity contribution >= 4 is 5.78 Å². The van der Waals surface area contributed by atoms with Crippen molar-refractivity contribution in [3.8, 4) is 0 Å². The van der Waals surface area contributed by atoms with Crippen LogP contribution in [0.25, 0.3) is 0 Å². The molecule has 1 aliphatic carbocycles. The van der Waals surface area contributed by atoms with Crippen molar-refractivity contribution in [1.82, 2.24) is 9.80 Å². The third kappa shape index (κ3) is 4.76. The maximum Gasteiger partial charge on any atom is 0.134 e. The Bertz CT molecular complexity index is 204. The summed E-state index contributed by atoms with van der Waals surface area (Å²) in [6.07, 6.45) is 5.06. The molecule has 0 heterocycles. The highest BCUT2D eigenvalue weighted by molar-refractivity contribution is 5.79. The van der Waals surface area contributed by atoms with Gasteiger partial charge in [-0.3, -0.25) is 4.79 Å². The largest absolute Gasteiger partial charge is 0.309 e. The number of carbonyl (C=O) groups excluding carboxylic acids is 1. The molecule has 15 heavy (non-hydrogen) atoms. The first-order valence-electron chi connectivity index (χ1n) is 5.96. The Hall–Kier alpha value is -0.410. The molecule has 1 aliphatic rings. The first-order chi connectivity index (χ1) is 7.09. The molecule has 1 saturated carbocycles. The van der Waals surface area contributed by atoms with Crippen molar-refractivity contribution in [2.45, 2.75) is 38.1 Å². The minimum Gasteiger partial charge on any atom is -0.309 e. The van der Waals surface area contributed by atoms with Crippen LogP contribution in [-0.2, 0) is 4.79 Å². The van der Waals surface area contributed by atoms with Gasteiger partial charge in [-0.25, -0.2) is 0 Å². The van der Waals surface area contributed by atoms with Crippen molar-refractivity contribution in [1.29, 1.82) is 0 Å². The molecular weight excluding hydrogens is 188 g/mol. The van der Waals surface area contributed by atoms with Crippen molar-refractivity contribution in [3.63, 3.8) is 0 Å². The topological polar surface area (TPSA) is 23.6 Å². The number of rotatable bonds is 5. The molecule has 0 N–H and O–H groups in total. The Balaban J connectivity index is 2.20. The lowest BCUT2D eigenvalue weighted by Gasteiger charge is -2.30. The van der Waals surface area contributed by atoms with Gasteiger partial charge in [-0.05, 0) is 53.5 Å². The molecule has 0 bridgehead atoms. The second-order valence-electron chi connectivity index (χ2n) is 4.93. The second-order valence-corrected chi connectivity index (χ2v) is 4.93. The summed E-state index contributed by atoms with van der Waals surface area (Å²) in [6, 6.07) is 0.508. The number of hydrogen-bond donors (Lipinski definition) is 0. The molecule has 3 nitrogen and oxygen atoms in total. The average molecular weight is 212 g/mol. The maximum atomic E-state index is 11.3. The zero-order chi connectivity index (χ0) is 11.3. The Morgan fingerprint density at radius 2 is 2.00 bits per heavy atom. The number of carbonyl (C=O) groups is 1. The molecule has 0 saturated heterocycles. The van der Waals surface area contributed by atoms with Crippen molar-refractivity contribution in [2.75, 3.05) is 34.2 Å².